The summed E-state index contributed by atoms with van der Waals surface area (Å²) < 4.78 is 5.64. The zero-order valence-electron chi connectivity index (χ0n) is 8.78. The first-order valence-electron chi connectivity index (χ1n) is 4.55. The van der Waals surface area contributed by atoms with Crippen LogP contribution >= 0.6 is 6.26 Å². The second-order valence-corrected chi connectivity index (χ2v) is 8.53. The number of hydrogen-bond acceptors (Lipinski definition) is 3. The van der Waals surface area contributed by atoms with Gasteiger partial charge in [0, 0.05) is 0 Å². The minimum Gasteiger partial charge on any atom is -0.349 e. The summed E-state index contributed by atoms with van der Waals surface area (Å²) in [6, 6.07) is 2.24. The molecule has 0 aromatic heterocycles. The van der Waals surface area contributed by atoms with Crippen LogP contribution in [-0.4, -0.2) is 18.9 Å². The summed E-state index contributed by atoms with van der Waals surface area (Å²) in [4.78, 5) is 0. The lowest BCUT2D eigenvalue weighted by atomic mass is 10.2. The van der Waals surface area contributed by atoms with Gasteiger partial charge in [0.1, 0.15) is 0 Å². The van der Waals surface area contributed by atoms with Gasteiger partial charge in [-0.25, -0.2) is 0 Å². The van der Waals surface area contributed by atoms with E-state index in [2.05, 4.69) is 19.9 Å². The van der Waals surface area contributed by atoms with Gasteiger partial charge in [0.15, 0.2) is 0 Å². The van der Waals surface area contributed by atoms with E-state index in [1.165, 1.54) is 0 Å². The number of rotatable bonds is 5. The Kier molecular flexibility index (Phi) is 5.80. The predicted octanol–water partition coefficient (Wildman–Crippen LogP) is 2.99. The quantitative estimate of drug-likeness (QED) is 0.666. The minimum absolute atomic E-state index is 0.0822. The Morgan fingerprint density at radius 3 is 2.38 bits per heavy atom. The van der Waals surface area contributed by atoms with Gasteiger partial charge in [-0.2, -0.15) is 5.26 Å². The molecule has 0 saturated heterocycles. The molecule has 0 bridgehead atoms. The predicted molar refractivity (Wildman–Crippen MR) is 60.7 cm³/mol. The summed E-state index contributed by atoms with van der Waals surface area (Å²) in [6.45, 7) is 8.75. The highest BCUT2D eigenvalue weighted by Crippen LogP contribution is 2.49. The molecule has 0 aromatic carbocycles. The molecule has 0 aromatic rings. The van der Waals surface area contributed by atoms with E-state index in [0.717, 1.165) is 6.42 Å². The Labute approximate surface area is 86.4 Å². The first-order valence-corrected chi connectivity index (χ1v) is 7.79. The van der Waals surface area contributed by atoms with Gasteiger partial charge in [0.05, 0.1) is 24.6 Å². The molecule has 0 fully saturated rings. The average molecular weight is 219 g/mol. The fourth-order valence-electron chi connectivity index (χ4n) is 0.915. The van der Waals surface area contributed by atoms with Gasteiger partial charge in [-0.15, -0.1) is 0 Å². The molecule has 4 heteroatoms. The minimum atomic E-state index is -1.88. The van der Waals surface area contributed by atoms with Crippen molar-refractivity contribution in [2.45, 2.75) is 32.9 Å². The van der Waals surface area contributed by atoms with Crippen LogP contribution < -0.4 is 0 Å². The number of hydrogen-bond donors (Lipinski definition) is 0. The third kappa shape index (κ3) is 4.76. The Morgan fingerprint density at radius 2 is 2.08 bits per heavy atom. The first-order chi connectivity index (χ1) is 5.94. The molecule has 0 aliphatic rings. The zero-order valence-corrected chi connectivity index (χ0v) is 10.5. The molecule has 0 amide bonds. The van der Waals surface area contributed by atoms with Crippen molar-refractivity contribution in [3.05, 3.63) is 0 Å². The van der Waals surface area contributed by atoms with Crippen LogP contribution in [-0.2, 0) is 16.3 Å². The maximum absolute atomic E-state index is 8.86. The normalized spacial score (nSPS) is 17.8. The van der Waals surface area contributed by atoms with E-state index in [1.54, 1.807) is 0 Å². The van der Waals surface area contributed by atoms with Crippen molar-refractivity contribution in [3.63, 3.8) is 0 Å². The highest BCUT2D eigenvalue weighted by Gasteiger charge is 2.22. The van der Waals surface area contributed by atoms with E-state index in [4.69, 9.17) is 21.6 Å². The van der Waals surface area contributed by atoms with Crippen LogP contribution in [0.2, 0.25) is 0 Å². The van der Waals surface area contributed by atoms with Crippen LogP contribution in [0, 0.1) is 17.2 Å². The summed E-state index contributed by atoms with van der Waals surface area (Å²) in [5.41, 5.74) is -0.0822. The molecule has 13 heavy (non-hydrogen) atoms. The molecule has 2 atom stereocenters. The van der Waals surface area contributed by atoms with Crippen LogP contribution in [0.5, 0.6) is 0 Å². The maximum Gasteiger partial charge on any atom is 0.0971 e. The molecular weight excluding hydrogens is 201 g/mol. The van der Waals surface area contributed by atoms with Crippen LogP contribution in [0.1, 0.15) is 27.2 Å². The summed E-state index contributed by atoms with van der Waals surface area (Å²) in [5, 5.41) is 8.86. The van der Waals surface area contributed by atoms with Crippen molar-refractivity contribution < 1.29 is 4.52 Å². The third-order valence-electron chi connectivity index (χ3n) is 1.77. The smallest absolute Gasteiger partial charge is 0.0971 e. The zero-order chi connectivity index (χ0) is 10.5. The average Bonchev–Trinajstić information content (AvgIpc) is 2.03. The first kappa shape index (κ1) is 13.1. The summed E-state index contributed by atoms with van der Waals surface area (Å²) >= 11 is 5.35. The Bertz CT molecular complexity index is 234. The van der Waals surface area contributed by atoms with Crippen molar-refractivity contribution in [1.82, 2.24) is 0 Å². The molecule has 2 unspecified atom stereocenters. The van der Waals surface area contributed by atoms with Gasteiger partial charge < -0.3 is 4.52 Å². The second kappa shape index (κ2) is 5.75. The fraction of sp³-hybridized carbons (Fsp3) is 0.889. The Hall–Kier alpha value is 0.100. The summed E-state index contributed by atoms with van der Waals surface area (Å²) in [7, 11) is 0. The van der Waals surface area contributed by atoms with Gasteiger partial charge in [-0.1, -0.05) is 32.6 Å². The van der Waals surface area contributed by atoms with Gasteiger partial charge in [-0.05, 0) is 19.0 Å². The second-order valence-electron chi connectivity index (χ2n) is 3.65. The van der Waals surface area contributed by atoms with Crippen LogP contribution in [0.15, 0.2) is 0 Å². The molecule has 0 spiro atoms. The molecule has 0 N–H and O–H groups in total. The SMILES string of the molecule is CCC(C#N)P(C)(=S)OCC(C)C. The molecule has 0 rings (SSSR count). The highest BCUT2D eigenvalue weighted by molar-refractivity contribution is 8.12. The third-order valence-corrected chi connectivity index (χ3v) is 5.12. The van der Waals surface area contributed by atoms with E-state index in [-0.39, 0.29) is 5.66 Å². The van der Waals surface area contributed by atoms with Gasteiger partial charge in [0.2, 0.25) is 0 Å². The standard InChI is InChI=1S/C9H18NOPS/c1-5-9(6-10)12(4,13)11-7-8(2)3/h8-9H,5,7H2,1-4H3. The van der Waals surface area contributed by atoms with Crippen molar-refractivity contribution in [2.24, 2.45) is 5.92 Å². The van der Waals surface area contributed by atoms with Gasteiger partial charge >= 0.3 is 0 Å². The lowest BCUT2D eigenvalue weighted by molar-refractivity contribution is 0.296. The largest absolute Gasteiger partial charge is 0.349 e. The number of nitrogens with zero attached hydrogens (tertiary/aromatic N) is 1. The molecule has 0 aliphatic carbocycles. The Balaban J connectivity index is 4.23. The van der Waals surface area contributed by atoms with E-state index >= 15 is 0 Å². The fourth-order valence-corrected chi connectivity index (χ4v) is 3.33. The Morgan fingerprint density at radius 1 is 1.54 bits per heavy atom. The number of nitriles is 1. The summed E-state index contributed by atoms with van der Waals surface area (Å²) in [6.07, 6.45) is -1.09. The van der Waals surface area contributed by atoms with Gasteiger partial charge in [0.25, 0.3) is 0 Å². The molecule has 0 aliphatic heterocycles. The van der Waals surface area contributed by atoms with Crippen LogP contribution in [0.3, 0.4) is 0 Å². The van der Waals surface area contributed by atoms with E-state index < -0.39 is 6.26 Å². The van der Waals surface area contributed by atoms with E-state index in [1.807, 2.05) is 13.6 Å². The molecule has 0 heterocycles. The molecule has 0 saturated carbocycles. The molecule has 76 valence electrons. The van der Waals surface area contributed by atoms with Gasteiger partial charge in [-0.3, -0.25) is 0 Å². The van der Waals surface area contributed by atoms with Crippen molar-refractivity contribution in [1.29, 1.82) is 5.26 Å². The van der Waals surface area contributed by atoms with Crippen molar-refractivity contribution in [3.8, 4) is 6.07 Å². The van der Waals surface area contributed by atoms with Crippen molar-refractivity contribution in [2.75, 3.05) is 13.3 Å². The monoisotopic (exact) mass is 219 g/mol. The van der Waals surface area contributed by atoms with Crippen molar-refractivity contribution >= 4 is 18.1 Å². The maximum atomic E-state index is 8.86. The molecule has 2 nitrogen and oxygen atoms in total. The summed E-state index contributed by atoms with van der Waals surface area (Å²) in [5.74, 6) is 0.485. The van der Waals surface area contributed by atoms with Crippen LogP contribution in [0.25, 0.3) is 0 Å². The topological polar surface area (TPSA) is 33.0 Å². The lowest BCUT2D eigenvalue weighted by Gasteiger charge is -2.22. The lowest BCUT2D eigenvalue weighted by Crippen LogP contribution is -2.09. The molecule has 0 radical (unpaired) electrons. The van der Waals surface area contributed by atoms with Crippen LogP contribution in [0.4, 0.5) is 0 Å². The van der Waals surface area contributed by atoms with E-state index in [9.17, 15) is 0 Å². The van der Waals surface area contributed by atoms with E-state index in [0.29, 0.717) is 12.5 Å². The molecular formula is C9H18NOPS. The highest BCUT2D eigenvalue weighted by atomic mass is 32.4.